The first-order valence-corrected chi connectivity index (χ1v) is 20.3. The topological polar surface area (TPSA) is 184 Å². The first-order valence-electron chi connectivity index (χ1n) is 20.3. The Morgan fingerprint density at radius 3 is 1.89 bits per heavy atom. The Kier molecular flexibility index (Phi) is 13.0. The molecule has 3 aromatic carbocycles. The summed E-state index contributed by atoms with van der Waals surface area (Å²) in [6, 6.07) is 22.9. The van der Waals surface area contributed by atoms with Gasteiger partial charge in [0.1, 0.15) is 29.8 Å². The number of amides is 4. The van der Waals surface area contributed by atoms with E-state index in [1.807, 2.05) is 68.4 Å². The predicted octanol–water partition coefficient (Wildman–Crippen LogP) is 6.98. The number of aromatic amines is 2. The van der Waals surface area contributed by atoms with Crippen molar-refractivity contribution < 1.29 is 33.4 Å². The van der Waals surface area contributed by atoms with Crippen molar-refractivity contribution in [1.82, 2.24) is 40.4 Å². The van der Waals surface area contributed by atoms with Gasteiger partial charge in [-0.25, -0.2) is 19.6 Å². The molecule has 0 saturated carbocycles. The summed E-state index contributed by atoms with van der Waals surface area (Å²) in [5, 5.41) is 5.40. The summed E-state index contributed by atoms with van der Waals surface area (Å²) in [6.45, 7) is 9.46. The number of hydrogen-bond donors (Lipinski definition) is 4. The zero-order valence-corrected chi connectivity index (χ0v) is 35.0. The van der Waals surface area contributed by atoms with E-state index in [4.69, 9.17) is 19.2 Å². The van der Waals surface area contributed by atoms with E-state index < -0.39 is 30.3 Å². The van der Waals surface area contributed by atoms with Crippen molar-refractivity contribution in [2.45, 2.75) is 50.9 Å². The standard InChI is InChI=1S/C46H52N8O7/c1-27(2)38(51-45(57)60-5)43(55)53-22-10-13-37(53)41-47-23-35(49-41)31-18-14-29(15-19-31)30-16-20-32(21-17-30)36-24-48-42(50-36)40-28(3)34(26-59-4)25-54(40)44(56)39(52-46(58)61-6)33-11-8-7-9-12-33/h7-9,11-12,14-21,23-24,27,34,37-40H,3,10,13,22,25-26H2,1-2,4-6H3,(H,47,49)(H,48,50)(H,51,57)(H,52,58)/t34-,37-,38-,39+,40-/m0/s1. The number of aromatic nitrogens is 4. The van der Waals surface area contributed by atoms with Gasteiger partial charge in [0.15, 0.2) is 0 Å². The number of nitrogens with zero attached hydrogens (tertiary/aromatic N) is 4. The summed E-state index contributed by atoms with van der Waals surface area (Å²) < 4.78 is 15.1. The zero-order chi connectivity index (χ0) is 43.2. The van der Waals surface area contributed by atoms with Crippen LogP contribution in [0.4, 0.5) is 9.59 Å². The summed E-state index contributed by atoms with van der Waals surface area (Å²) in [4.78, 5) is 72.0. The summed E-state index contributed by atoms with van der Waals surface area (Å²) >= 11 is 0. The Morgan fingerprint density at radius 1 is 0.754 bits per heavy atom. The van der Waals surface area contributed by atoms with Gasteiger partial charge in [0, 0.05) is 26.1 Å². The van der Waals surface area contributed by atoms with Crippen molar-refractivity contribution in [2.24, 2.45) is 11.8 Å². The van der Waals surface area contributed by atoms with Crippen LogP contribution in [0.2, 0.25) is 0 Å². The fourth-order valence-corrected chi connectivity index (χ4v) is 8.21. The molecule has 0 aliphatic carbocycles. The second-order valence-corrected chi connectivity index (χ2v) is 15.7. The SMILES string of the molecule is C=C1[C@H](COC)CN(C(=O)[C@H](NC(=O)OC)c2ccccc2)[C@@H]1c1ncc(-c2ccc(-c3ccc(-c4cnc([C@@H]5CCCN5C(=O)[C@@H](NC(=O)OC)C(C)C)[nH]4)cc3)cc2)[nH]1. The molecule has 2 fully saturated rings. The highest BCUT2D eigenvalue weighted by Gasteiger charge is 2.44. The Labute approximate surface area is 354 Å². The Morgan fingerprint density at radius 2 is 1.31 bits per heavy atom. The van der Waals surface area contributed by atoms with Crippen LogP contribution in [-0.2, 0) is 23.8 Å². The van der Waals surface area contributed by atoms with E-state index in [1.54, 1.807) is 41.4 Å². The third-order valence-corrected chi connectivity index (χ3v) is 11.5. The van der Waals surface area contributed by atoms with E-state index in [-0.39, 0.29) is 29.7 Å². The maximum Gasteiger partial charge on any atom is 0.407 e. The molecule has 15 nitrogen and oxygen atoms in total. The normalized spacial score (nSPS) is 18.5. The monoisotopic (exact) mass is 828 g/mol. The molecule has 4 N–H and O–H groups in total. The first kappa shape index (κ1) is 42.4. The number of likely N-dealkylation sites (tertiary alicyclic amines) is 2. The quantitative estimate of drug-likeness (QED) is 0.0910. The van der Waals surface area contributed by atoms with Crippen LogP contribution in [-0.4, -0.2) is 101 Å². The summed E-state index contributed by atoms with van der Waals surface area (Å²) in [7, 11) is 4.16. The lowest BCUT2D eigenvalue weighted by Gasteiger charge is -2.30. The van der Waals surface area contributed by atoms with Crippen molar-refractivity contribution >= 4 is 24.0 Å². The molecule has 318 valence electrons. The van der Waals surface area contributed by atoms with Crippen LogP contribution in [0.5, 0.6) is 0 Å². The van der Waals surface area contributed by atoms with Crippen LogP contribution in [0.3, 0.4) is 0 Å². The molecular formula is C46H52N8O7. The first-order chi connectivity index (χ1) is 29.5. The minimum atomic E-state index is -0.986. The number of hydrogen-bond acceptors (Lipinski definition) is 9. The molecular weight excluding hydrogens is 777 g/mol. The minimum absolute atomic E-state index is 0.116. The van der Waals surface area contributed by atoms with Gasteiger partial charge in [-0.3, -0.25) is 9.59 Å². The summed E-state index contributed by atoms with van der Waals surface area (Å²) in [5.74, 6) is 0.539. The Bertz CT molecular complexity index is 2340. The highest BCUT2D eigenvalue weighted by atomic mass is 16.5. The molecule has 2 aliphatic heterocycles. The second-order valence-electron chi connectivity index (χ2n) is 15.7. The predicted molar refractivity (Wildman–Crippen MR) is 229 cm³/mol. The van der Waals surface area contributed by atoms with E-state index >= 15 is 0 Å². The average Bonchev–Trinajstić information content (AvgIpc) is 4.12. The van der Waals surface area contributed by atoms with Crippen LogP contribution >= 0.6 is 0 Å². The second kappa shape index (κ2) is 18.7. The van der Waals surface area contributed by atoms with Gasteiger partial charge in [-0.2, -0.15) is 0 Å². The van der Waals surface area contributed by atoms with Gasteiger partial charge in [0.25, 0.3) is 5.91 Å². The van der Waals surface area contributed by atoms with E-state index in [1.165, 1.54) is 14.2 Å². The highest BCUT2D eigenvalue weighted by molar-refractivity contribution is 5.88. The van der Waals surface area contributed by atoms with Gasteiger partial charge in [-0.15, -0.1) is 0 Å². The van der Waals surface area contributed by atoms with Crippen LogP contribution in [0.15, 0.2) is 103 Å². The van der Waals surface area contributed by atoms with Crippen LogP contribution in [0, 0.1) is 11.8 Å². The van der Waals surface area contributed by atoms with Gasteiger partial charge in [-0.1, -0.05) is 99.3 Å². The molecule has 0 radical (unpaired) electrons. The molecule has 0 spiro atoms. The number of ether oxygens (including phenoxy) is 3. The van der Waals surface area contributed by atoms with E-state index in [0.29, 0.717) is 36.9 Å². The fraction of sp³-hybridized carbons (Fsp3) is 0.348. The van der Waals surface area contributed by atoms with Crippen molar-refractivity contribution in [1.29, 1.82) is 0 Å². The molecule has 4 amide bonds. The van der Waals surface area contributed by atoms with Gasteiger partial charge >= 0.3 is 12.2 Å². The lowest BCUT2D eigenvalue weighted by atomic mass is 10.00. The lowest BCUT2D eigenvalue weighted by Crippen LogP contribution is -2.51. The molecule has 61 heavy (non-hydrogen) atoms. The highest BCUT2D eigenvalue weighted by Crippen LogP contribution is 2.41. The maximum absolute atomic E-state index is 14.3. The number of carbonyl (C=O) groups is 4. The molecule has 15 heteroatoms. The third-order valence-electron chi connectivity index (χ3n) is 11.5. The molecule has 5 atom stereocenters. The van der Waals surface area contributed by atoms with Crippen LogP contribution < -0.4 is 10.6 Å². The van der Waals surface area contributed by atoms with Crippen LogP contribution in [0.25, 0.3) is 33.6 Å². The number of carbonyl (C=O) groups excluding carboxylic acids is 4. The van der Waals surface area contributed by atoms with Crippen molar-refractivity contribution in [3.63, 3.8) is 0 Å². The average molecular weight is 829 g/mol. The van der Waals surface area contributed by atoms with Crippen LogP contribution in [0.1, 0.15) is 62.0 Å². The summed E-state index contributed by atoms with van der Waals surface area (Å²) in [6.07, 6.45) is 3.80. The van der Waals surface area contributed by atoms with Gasteiger partial charge in [-0.05, 0) is 52.1 Å². The molecule has 0 bridgehead atoms. The zero-order valence-electron chi connectivity index (χ0n) is 35.0. The van der Waals surface area contributed by atoms with E-state index in [0.717, 1.165) is 52.1 Å². The van der Waals surface area contributed by atoms with Crippen molar-refractivity contribution in [2.75, 3.05) is 41.0 Å². The largest absolute Gasteiger partial charge is 0.453 e. The molecule has 7 rings (SSSR count). The van der Waals surface area contributed by atoms with Crippen molar-refractivity contribution in [3.8, 4) is 33.6 Å². The fourth-order valence-electron chi connectivity index (χ4n) is 8.21. The number of alkyl carbamates (subject to hydrolysis) is 2. The van der Waals surface area contributed by atoms with E-state index in [9.17, 15) is 19.2 Å². The molecule has 4 heterocycles. The molecule has 5 aromatic rings. The number of benzene rings is 3. The number of nitrogens with one attached hydrogen (secondary N) is 4. The molecule has 2 saturated heterocycles. The molecule has 2 aliphatic rings. The summed E-state index contributed by atoms with van der Waals surface area (Å²) in [5.41, 5.74) is 6.94. The lowest BCUT2D eigenvalue weighted by molar-refractivity contribution is -0.135. The molecule has 2 aromatic heterocycles. The number of imidazole rings is 2. The van der Waals surface area contributed by atoms with Gasteiger partial charge < -0.3 is 44.6 Å². The maximum atomic E-state index is 14.3. The van der Waals surface area contributed by atoms with E-state index in [2.05, 4.69) is 44.3 Å². The number of H-pyrrole nitrogens is 2. The smallest absolute Gasteiger partial charge is 0.407 e. The number of methoxy groups -OCH3 is 3. The van der Waals surface area contributed by atoms with Crippen molar-refractivity contribution in [3.05, 3.63) is 121 Å². The van der Waals surface area contributed by atoms with Gasteiger partial charge in [0.2, 0.25) is 5.91 Å². The Hall–Kier alpha value is -6.74. The Balaban J connectivity index is 1.05. The molecule has 0 unspecified atom stereocenters. The number of rotatable bonds is 13. The van der Waals surface area contributed by atoms with Gasteiger partial charge in [0.05, 0.1) is 50.6 Å². The third kappa shape index (κ3) is 9.06. The minimum Gasteiger partial charge on any atom is -0.453 e.